The average molecular weight is 370 g/mol. The van der Waals surface area contributed by atoms with Gasteiger partial charge in [0.15, 0.2) is 6.10 Å². The fraction of sp³-hybridized carbons (Fsp3) is 0.190. The smallest absolute Gasteiger partial charge is 0.260 e. The Kier molecular flexibility index (Phi) is 5.97. The Morgan fingerprint density at radius 3 is 2.58 bits per heavy atom. The lowest BCUT2D eigenvalue weighted by Gasteiger charge is -2.15. The molecular formula is C21H20ClNO3. The van der Waals surface area contributed by atoms with Crippen LogP contribution in [0, 0.1) is 0 Å². The molecule has 4 nitrogen and oxygen atoms in total. The van der Waals surface area contributed by atoms with E-state index >= 15 is 0 Å². The van der Waals surface area contributed by atoms with Crippen LogP contribution in [0.2, 0.25) is 5.02 Å². The molecule has 0 saturated heterocycles. The SMILES string of the molecule is CC(Oc1ccc2ccccc2c1)C(=O)NCCOc1ccccc1Cl. The number of ether oxygens (including phenoxy) is 2. The molecule has 3 aromatic carbocycles. The van der Waals surface area contributed by atoms with Crippen molar-refractivity contribution in [2.75, 3.05) is 13.2 Å². The summed E-state index contributed by atoms with van der Waals surface area (Å²) in [5.74, 6) is 1.07. The second-order valence-corrected chi connectivity index (χ2v) is 6.25. The lowest BCUT2D eigenvalue weighted by atomic mass is 10.1. The monoisotopic (exact) mass is 369 g/mol. The van der Waals surface area contributed by atoms with Crippen LogP contribution in [0.1, 0.15) is 6.92 Å². The van der Waals surface area contributed by atoms with E-state index in [1.807, 2.05) is 54.6 Å². The van der Waals surface area contributed by atoms with E-state index in [1.54, 1.807) is 19.1 Å². The highest BCUT2D eigenvalue weighted by Crippen LogP contribution is 2.23. The Balaban J connectivity index is 1.47. The quantitative estimate of drug-likeness (QED) is 0.626. The van der Waals surface area contributed by atoms with E-state index in [2.05, 4.69) is 5.32 Å². The van der Waals surface area contributed by atoms with Crippen molar-refractivity contribution in [2.45, 2.75) is 13.0 Å². The molecule has 0 aliphatic heterocycles. The van der Waals surface area contributed by atoms with Gasteiger partial charge in [-0.1, -0.05) is 54.1 Å². The standard InChI is InChI=1S/C21H20ClNO3/c1-15(26-18-11-10-16-6-2-3-7-17(16)14-18)21(24)23-12-13-25-20-9-5-4-8-19(20)22/h2-11,14-15H,12-13H2,1H3,(H,23,24). The zero-order chi connectivity index (χ0) is 18.4. The number of benzene rings is 3. The topological polar surface area (TPSA) is 47.6 Å². The first-order valence-electron chi connectivity index (χ1n) is 8.44. The van der Waals surface area contributed by atoms with E-state index in [9.17, 15) is 4.79 Å². The highest BCUT2D eigenvalue weighted by molar-refractivity contribution is 6.32. The summed E-state index contributed by atoms with van der Waals surface area (Å²) in [5.41, 5.74) is 0. The Bertz CT molecular complexity index is 897. The zero-order valence-electron chi connectivity index (χ0n) is 14.4. The van der Waals surface area contributed by atoms with Crippen molar-refractivity contribution in [1.29, 1.82) is 0 Å². The van der Waals surface area contributed by atoms with Crippen molar-refractivity contribution in [3.8, 4) is 11.5 Å². The lowest BCUT2D eigenvalue weighted by molar-refractivity contribution is -0.127. The predicted octanol–water partition coefficient (Wildman–Crippen LogP) is 4.46. The number of hydrogen-bond donors (Lipinski definition) is 1. The number of hydrogen-bond acceptors (Lipinski definition) is 3. The second kappa shape index (κ2) is 8.59. The molecule has 0 heterocycles. The summed E-state index contributed by atoms with van der Waals surface area (Å²) in [6.07, 6.45) is -0.600. The van der Waals surface area contributed by atoms with Crippen LogP contribution in [0.4, 0.5) is 0 Å². The van der Waals surface area contributed by atoms with Crippen LogP contribution in [0.5, 0.6) is 11.5 Å². The van der Waals surface area contributed by atoms with Crippen molar-refractivity contribution in [2.24, 2.45) is 0 Å². The van der Waals surface area contributed by atoms with Crippen molar-refractivity contribution in [1.82, 2.24) is 5.32 Å². The molecule has 0 spiro atoms. The number of rotatable bonds is 7. The number of nitrogens with one attached hydrogen (secondary N) is 1. The maximum absolute atomic E-state index is 12.2. The van der Waals surface area contributed by atoms with Gasteiger partial charge in [-0.2, -0.15) is 0 Å². The third-order valence-electron chi connectivity index (χ3n) is 3.90. The van der Waals surface area contributed by atoms with E-state index in [-0.39, 0.29) is 5.91 Å². The molecule has 1 amide bonds. The lowest BCUT2D eigenvalue weighted by Crippen LogP contribution is -2.38. The largest absolute Gasteiger partial charge is 0.490 e. The first-order chi connectivity index (χ1) is 12.6. The summed E-state index contributed by atoms with van der Waals surface area (Å²) in [5, 5.41) is 5.55. The molecule has 1 unspecified atom stereocenters. The molecule has 5 heteroatoms. The minimum Gasteiger partial charge on any atom is -0.490 e. The Morgan fingerprint density at radius 1 is 1.04 bits per heavy atom. The molecule has 3 rings (SSSR count). The fourth-order valence-electron chi connectivity index (χ4n) is 2.54. The van der Waals surface area contributed by atoms with Crippen LogP contribution in [0.15, 0.2) is 66.7 Å². The maximum atomic E-state index is 12.2. The number of halogens is 1. The van der Waals surface area contributed by atoms with Crippen molar-refractivity contribution in [3.05, 3.63) is 71.8 Å². The maximum Gasteiger partial charge on any atom is 0.260 e. The van der Waals surface area contributed by atoms with E-state index in [4.69, 9.17) is 21.1 Å². The van der Waals surface area contributed by atoms with Gasteiger partial charge >= 0.3 is 0 Å². The average Bonchev–Trinajstić information content (AvgIpc) is 2.66. The Labute approximate surface area is 157 Å². The number of fused-ring (bicyclic) bond motifs is 1. The molecule has 26 heavy (non-hydrogen) atoms. The minimum absolute atomic E-state index is 0.194. The zero-order valence-corrected chi connectivity index (χ0v) is 15.2. The van der Waals surface area contributed by atoms with Gasteiger partial charge in [0.05, 0.1) is 11.6 Å². The third kappa shape index (κ3) is 4.67. The first kappa shape index (κ1) is 18.1. The summed E-state index contributed by atoms with van der Waals surface area (Å²) in [4.78, 5) is 12.2. The summed E-state index contributed by atoms with van der Waals surface area (Å²) in [7, 11) is 0. The van der Waals surface area contributed by atoms with Crippen molar-refractivity contribution < 1.29 is 14.3 Å². The molecule has 0 fully saturated rings. The third-order valence-corrected chi connectivity index (χ3v) is 4.21. The van der Waals surface area contributed by atoms with Gasteiger partial charge in [0, 0.05) is 0 Å². The van der Waals surface area contributed by atoms with E-state index in [1.165, 1.54) is 0 Å². The molecule has 0 saturated carbocycles. The number of carbonyl (C=O) groups excluding carboxylic acids is 1. The normalized spacial score (nSPS) is 11.8. The predicted molar refractivity (Wildman–Crippen MR) is 104 cm³/mol. The van der Waals surface area contributed by atoms with Crippen molar-refractivity contribution >= 4 is 28.3 Å². The van der Waals surface area contributed by atoms with E-state index in [0.29, 0.717) is 29.7 Å². The van der Waals surface area contributed by atoms with Crippen LogP contribution >= 0.6 is 11.6 Å². The number of carbonyl (C=O) groups is 1. The van der Waals surface area contributed by atoms with Crippen LogP contribution in [-0.2, 0) is 4.79 Å². The minimum atomic E-state index is -0.600. The molecule has 0 aliphatic carbocycles. The van der Waals surface area contributed by atoms with Crippen LogP contribution < -0.4 is 14.8 Å². The van der Waals surface area contributed by atoms with Crippen LogP contribution in [0.3, 0.4) is 0 Å². The van der Waals surface area contributed by atoms with Crippen LogP contribution in [-0.4, -0.2) is 25.2 Å². The first-order valence-corrected chi connectivity index (χ1v) is 8.82. The molecule has 0 bridgehead atoms. The molecular weight excluding hydrogens is 350 g/mol. The van der Waals surface area contributed by atoms with Crippen molar-refractivity contribution in [3.63, 3.8) is 0 Å². The Morgan fingerprint density at radius 2 is 1.77 bits per heavy atom. The number of amides is 1. The van der Waals surface area contributed by atoms with Gasteiger partial charge in [0.1, 0.15) is 18.1 Å². The molecule has 0 aromatic heterocycles. The number of para-hydroxylation sites is 1. The van der Waals surface area contributed by atoms with Gasteiger partial charge in [-0.05, 0) is 42.0 Å². The second-order valence-electron chi connectivity index (χ2n) is 5.84. The van der Waals surface area contributed by atoms with Gasteiger partial charge in [-0.25, -0.2) is 0 Å². The van der Waals surface area contributed by atoms with Gasteiger partial charge in [-0.3, -0.25) is 4.79 Å². The molecule has 0 radical (unpaired) electrons. The fourth-order valence-corrected chi connectivity index (χ4v) is 2.73. The molecule has 1 atom stereocenters. The van der Waals surface area contributed by atoms with Crippen LogP contribution in [0.25, 0.3) is 10.8 Å². The molecule has 134 valence electrons. The van der Waals surface area contributed by atoms with E-state index < -0.39 is 6.10 Å². The summed E-state index contributed by atoms with van der Waals surface area (Å²) < 4.78 is 11.3. The molecule has 3 aromatic rings. The van der Waals surface area contributed by atoms with Gasteiger partial charge in [0.25, 0.3) is 5.91 Å². The molecule has 0 aliphatic rings. The van der Waals surface area contributed by atoms with E-state index in [0.717, 1.165) is 10.8 Å². The highest BCUT2D eigenvalue weighted by atomic mass is 35.5. The summed E-state index contributed by atoms with van der Waals surface area (Å²) >= 11 is 6.02. The highest BCUT2D eigenvalue weighted by Gasteiger charge is 2.14. The summed E-state index contributed by atoms with van der Waals surface area (Å²) in [6, 6.07) is 21.0. The molecule has 1 N–H and O–H groups in total. The van der Waals surface area contributed by atoms with Gasteiger partial charge in [0.2, 0.25) is 0 Å². The summed E-state index contributed by atoms with van der Waals surface area (Å²) in [6.45, 7) is 2.42. The van der Waals surface area contributed by atoms with Gasteiger partial charge < -0.3 is 14.8 Å². The van der Waals surface area contributed by atoms with Gasteiger partial charge in [-0.15, -0.1) is 0 Å². The Hall–Kier alpha value is -2.72.